The van der Waals surface area contributed by atoms with Crippen molar-refractivity contribution in [1.82, 2.24) is 0 Å². The van der Waals surface area contributed by atoms with Crippen molar-refractivity contribution in [1.29, 1.82) is 0 Å². The molecule has 1 aliphatic rings. The Kier molecular flexibility index (Phi) is 4.55. The lowest BCUT2D eigenvalue weighted by molar-refractivity contribution is -0.142. The average molecular weight is 261 g/mol. The fourth-order valence-corrected chi connectivity index (χ4v) is 2.37. The summed E-state index contributed by atoms with van der Waals surface area (Å²) in [6.07, 6.45) is 3.06. The van der Waals surface area contributed by atoms with Crippen molar-refractivity contribution in [2.24, 2.45) is 5.16 Å². The average Bonchev–Trinajstić information content (AvgIpc) is 2.39. The van der Waals surface area contributed by atoms with Gasteiger partial charge in [0.05, 0.1) is 18.7 Å². The molecule has 4 heteroatoms. The molecule has 1 aromatic carbocycles. The highest BCUT2D eigenvalue weighted by Gasteiger charge is 2.15. The molecule has 0 atom stereocenters. The minimum atomic E-state index is -0.167. The second-order valence-corrected chi connectivity index (χ2v) is 4.60. The number of esters is 1. The topological polar surface area (TPSA) is 47.9 Å². The molecule has 0 fully saturated rings. The molecule has 0 heterocycles. The van der Waals surface area contributed by atoms with E-state index >= 15 is 0 Å². The second kappa shape index (κ2) is 6.36. The monoisotopic (exact) mass is 261 g/mol. The van der Waals surface area contributed by atoms with Crippen LogP contribution in [0, 0.1) is 0 Å². The first-order valence-corrected chi connectivity index (χ1v) is 6.58. The van der Waals surface area contributed by atoms with Crippen molar-refractivity contribution in [2.45, 2.75) is 32.6 Å². The molecule has 0 aliphatic heterocycles. The Balaban J connectivity index is 2.09. The van der Waals surface area contributed by atoms with Crippen molar-refractivity contribution < 1.29 is 14.4 Å². The van der Waals surface area contributed by atoms with Crippen LogP contribution in [-0.4, -0.2) is 25.4 Å². The first-order valence-electron chi connectivity index (χ1n) is 6.58. The molecule has 0 bridgehead atoms. The van der Waals surface area contributed by atoms with Gasteiger partial charge in [-0.05, 0) is 36.5 Å². The zero-order valence-electron chi connectivity index (χ0n) is 11.4. The van der Waals surface area contributed by atoms with Crippen molar-refractivity contribution in [3.05, 3.63) is 34.9 Å². The Bertz CT molecular complexity index is 494. The molecule has 0 spiro atoms. The summed E-state index contributed by atoms with van der Waals surface area (Å²) in [5.41, 5.74) is 4.67. The summed E-state index contributed by atoms with van der Waals surface area (Å²) in [7, 11) is 1.57. The Labute approximate surface area is 113 Å². The Morgan fingerprint density at radius 1 is 1.32 bits per heavy atom. The van der Waals surface area contributed by atoms with Crippen LogP contribution in [0.1, 0.15) is 30.0 Å². The van der Waals surface area contributed by atoms with E-state index in [0.29, 0.717) is 13.0 Å². The summed E-state index contributed by atoms with van der Waals surface area (Å²) in [5.74, 6) is -0.167. The third kappa shape index (κ3) is 3.56. The highest BCUT2D eigenvalue weighted by molar-refractivity contribution is 5.88. The molecular weight excluding hydrogens is 242 g/mol. The zero-order valence-corrected chi connectivity index (χ0v) is 11.4. The number of fused-ring (bicyclic) bond motifs is 1. The number of hydrogen-bond donors (Lipinski definition) is 0. The summed E-state index contributed by atoms with van der Waals surface area (Å²) in [4.78, 5) is 16.3. The van der Waals surface area contributed by atoms with Gasteiger partial charge in [-0.1, -0.05) is 23.4 Å². The molecule has 2 rings (SSSR count). The Morgan fingerprint density at radius 3 is 2.89 bits per heavy atom. The predicted molar refractivity (Wildman–Crippen MR) is 73.2 cm³/mol. The third-order valence-corrected chi connectivity index (χ3v) is 3.22. The van der Waals surface area contributed by atoms with E-state index in [1.807, 2.05) is 13.0 Å². The molecular formula is C15H19NO3. The zero-order chi connectivity index (χ0) is 13.7. The number of hydrogen-bond acceptors (Lipinski definition) is 4. The van der Waals surface area contributed by atoms with Crippen LogP contribution in [0.4, 0.5) is 0 Å². The molecule has 0 unspecified atom stereocenters. The molecule has 4 nitrogen and oxygen atoms in total. The summed E-state index contributed by atoms with van der Waals surface area (Å²) >= 11 is 0. The number of ether oxygens (including phenoxy) is 1. The number of carbonyl (C=O) groups excluding carboxylic acids is 1. The maximum absolute atomic E-state index is 11.5. The number of rotatable bonds is 4. The van der Waals surface area contributed by atoms with E-state index < -0.39 is 0 Å². The summed E-state index contributed by atoms with van der Waals surface area (Å²) in [6, 6.07) is 6.18. The van der Waals surface area contributed by atoms with Crippen LogP contribution in [0.15, 0.2) is 23.4 Å². The number of benzene rings is 1. The largest absolute Gasteiger partial charge is 0.466 e. The SMILES string of the molecule is CCOC(=O)Cc1ccc2c(c1)CCC(=NOC)C2. The van der Waals surface area contributed by atoms with E-state index in [0.717, 1.165) is 30.5 Å². The van der Waals surface area contributed by atoms with Gasteiger partial charge in [-0.2, -0.15) is 0 Å². The van der Waals surface area contributed by atoms with E-state index in [2.05, 4.69) is 17.3 Å². The molecule has 102 valence electrons. The van der Waals surface area contributed by atoms with Gasteiger partial charge >= 0.3 is 5.97 Å². The van der Waals surface area contributed by atoms with Crippen molar-refractivity contribution in [3.63, 3.8) is 0 Å². The van der Waals surface area contributed by atoms with Gasteiger partial charge in [-0.25, -0.2) is 0 Å². The number of aryl methyl sites for hydroxylation is 1. The van der Waals surface area contributed by atoms with E-state index in [9.17, 15) is 4.79 Å². The molecule has 0 aromatic heterocycles. The number of nitrogens with zero attached hydrogens (tertiary/aromatic N) is 1. The highest BCUT2D eigenvalue weighted by atomic mass is 16.6. The summed E-state index contributed by atoms with van der Waals surface area (Å²) in [5, 5.41) is 4.02. The maximum atomic E-state index is 11.5. The summed E-state index contributed by atoms with van der Waals surface area (Å²) in [6.45, 7) is 2.25. The smallest absolute Gasteiger partial charge is 0.310 e. The Morgan fingerprint density at radius 2 is 2.16 bits per heavy atom. The number of oxime groups is 1. The van der Waals surface area contributed by atoms with Crippen LogP contribution in [0.25, 0.3) is 0 Å². The van der Waals surface area contributed by atoms with Crippen LogP contribution < -0.4 is 0 Å². The van der Waals surface area contributed by atoms with Crippen LogP contribution in [0.5, 0.6) is 0 Å². The van der Waals surface area contributed by atoms with Crippen LogP contribution in [0.3, 0.4) is 0 Å². The second-order valence-electron chi connectivity index (χ2n) is 4.60. The fourth-order valence-electron chi connectivity index (χ4n) is 2.37. The molecule has 0 saturated heterocycles. The van der Waals surface area contributed by atoms with E-state index in [4.69, 9.17) is 9.57 Å². The van der Waals surface area contributed by atoms with Crippen molar-refractivity contribution in [2.75, 3.05) is 13.7 Å². The van der Waals surface area contributed by atoms with Gasteiger partial charge in [0.1, 0.15) is 7.11 Å². The van der Waals surface area contributed by atoms with Gasteiger partial charge in [0.2, 0.25) is 0 Å². The van der Waals surface area contributed by atoms with Crippen LogP contribution in [-0.2, 0) is 33.6 Å². The van der Waals surface area contributed by atoms with Crippen molar-refractivity contribution in [3.8, 4) is 0 Å². The van der Waals surface area contributed by atoms with Gasteiger partial charge in [0.15, 0.2) is 0 Å². The fraction of sp³-hybridized carbons (Fsp3) is 0.467. The van der Waals surface area contributed by atoms with Gasteiger partial charge in [0.25, 0.3) is 0 Å². The summed E-state index contributed by atoms with van der Waals surface area (Å²) < 4.78 is 4.96. The van der Waals surface area contributed by atoms with Gasteiger partial charge in [-0.15, -0.1) is 0 Å². The first-order chi connectivity index (χ1) is 9.22. The first kappa shape index (κ1) is 13.6. The lowest BCUT2D eigenvalue weighted by atomic mass is 9.89. The molecule has 0 saturated carbocycles. The highest BCUT2D eigenvalue weighted by Crippen LogP contribution is 2.21. The lowest BCUT2D eigenvalue weighted by Crippen LogP contribution is -2.15. The molecule has 0 N–H and O–H groups in total. The van der Waals surface area contributed by atoms with E-state index in [-0.39, 0.29) is 5.97 Å². The minimum absolute atomic E-state index is 0.167. The van der Waals surface area contributed by atoms with Gasteiger partial charge in [0, 0.05) is 6.42 Å². The van der Waals surface area contributed by atoms with E-state index in [1.165, 1.54) is 11.1 Å². The van der Waals surface area contributed by atoms with Crippen molar-refractivity contribution >= 4 is 11.7 Å². The lowest BCUT2D eigenvalue weighted by Gasteiger charge is -2.18. The third-order valence-electron chi connectivity index (χ3n) is 3.22. The van der Waals surface area contributed by atoms with Gasteiger partial charge < -0.3 is 9.57 Å². The Hall–Kier alpha value is -1.84. The molecule has 1 aliphatic carbocycles. The molecule has 0 radical (unpaired) electrons. The van der Waals surface area contributed by atoms with Crippen LogP contribution >= 0.6 is 0 Å². The quantitative estimate of drug-likeness (QED) is 0.617. The predicted octanol–water partition coefficient (Wildman–Crippen LogP) is 2.28. The molecule has 0 amide bonds. The van der Waals surface area contributed by atoms with E-state index in [1.54, 1.807) is 7.11 Å². The maximum Gasteiger partial charge on any atom is 0.310 e. The van der Waals surface area contributed by atoms with Gasteiger partial charge in [-0.3, -0.25) is 4.79 Å². The van der Waals surface area contributed by atoms with Crippen LogP contribution in [0.2, 0.25) is 0 Å². The normalized spacial score (nSPS) is 16.0. The molecule has 19 heavy (non-hydrogen) atoms. The standard InChI is InChI=1S/C15H19NO3/c1-3-19-15(17)9-11-4-5-13-10-14(16-18-2)7-6-12(13)8-11/h4-5,8H,3,6-7,9-10H2,1-2H3. The molecule has 1 aromatic rings. The number of carbonyl (C=O) groups is 1. The minimum Gasteiger partial charge on any atom is -0.466 e.